The first-order valence-electron chi connectivity index (χ1n) is 6.50. The number of carboxylic acid groups (broad SMARTS) is 1. The molecule has 0 spiro atoms. The molecular formula is C12H20N2O5. The molecule has 19 heavy (non-hydrogen) atoms. The molecule has 2 heterocycles. The molecular weight excluding hydrogens is 252 g/mol. The summed E-state index contributed by atoms with van der Waals surface area (Å²) in [7, 11) is 0. The van der Waals surface area contributed by atoms with Crippen LogP contribution in [0.2, 0.25) is 0 Å². The van der Waals surface area contributed by atoms with Crippen LogP contribution in [-0.4, -0.2) is 76.5 Å². The standard InChI is InChI=1S/C12H20N2O5/c1-12(18)2-4-13(5-3-12)11(17)14-6-7-19-9(8-14)10(15)16/h9,18H,2-8H2,1H3,(H,15,16). The fourth-order valence-electron chi connectivity index (χ4n) is 2.35. The lowest BCUT2D eigenvalue weighted by Crippen LogP contribution is -2.55. The Morgan fingerprint density at radius 1 is 1.21 bits per heavy atom. The van der Waals surface area contributed by atoms with Gasteiger partial charge in [0.25, 0.3) is 0 Å². The predicted octanol–water partition coefficient (Wildman–Crippen LogP) is -0.261. The van der Waals surface area contributed by atoms with Gasteiger partial charge in [0, 0.05) is 19.6 Å². The summed E-state index contributed by atoms with van der Waals surface area (Å²) in [6.45, 7) is 3.51. The van der Waals surface area contributed by atoms with Crippen LogP contribution in [0.15, 0.2) is 0 Å². The highest BCUT2D eigenvalue weighted by Gasteiger charge is 2.34. The molecule has 2 amide bonds. The quantitative estimate of drug-likeness (QED) is 0.686. The summed E-state index contributed by atoms with van der Waals surface area (Å²) in [4.78, 5) is 26.3. The Hall–Kier alpha value is -1.34. The van der Waals surface area contributed by atoms with Crippen molar-refractivity contribution in [3.63, 3.8) is 0 Å². The van der Waals surface area contributed by atoms with Gasteiger partial charge in [-0.15, -0.1) is 0 Å². The summed E-state index contributed by atoms with van der Waals surface area (Å²) in [6.07, 6.45) is 0.155. The SMILES string of the molecule is CC1(O)CCN(C(=O)N2CCOC(C(=O)O)C2)CC1. The molecule has 7 heteroatoms. The average molecular weight is 272 g/mol. The van der Waals surface area contributed by atoms with Crippen molar-refractivity contribution < 1.29 is 24.5 Å². The third-order valence-electron chi connectivity index (χ3n) is 3.72. The molecule has 2 rings (SSSR count). The van der Waals surface area contributed by atoms with Gasteiger partial charge < -0.3 is 24.7 Å². The molecule has 7 nitrogen and oxygen atoms in total. The number of aliphatic hydroxyl groups is 1. The van der Waals surface area contributed by atoms with Crippen molar-refractivity contribution in [2.75, 3.05) is 32.8 Å². The van der Waals surface area contributed by atoms with Crippen LogP contribution in [0.4, 0.5) is 4.79 Å². The summed E-state index contributed by atoms with van der Waals surface area (Å²) in [5.74, 6) is -1.04. The second-order valence-electron chi connectivity index (χ2n) is 5.41. The number of carbonyl (C=O) groups is 2. The molecule has 0 aromatic heterocycles. The minimum Gasteiger partial charge on any atom is -0.479 e. The Balaban J connectivity index is 1.91. The highest BCUT2D eigenvalue weighted by Crippen LogP contribution is 2.22. The smallest absolute Gasteiger partial charge is 0.334 e. The fourth-order valence-corrected chi connectivity index (χ4v) is 2.35. The van der Waals surface area contributed by atoms with Crippen LogP contribution < -0.4 is 0 Å². The van der Waals surface area contributed by atoms with E-state index in [0.29, 0.717) is 32.5 Å². The molecule has 0 saturated carbocycles. The second kappa shape index (κ2) is 5.34. The molecule has 2 saturated heterocycles. The van der Waals surface area contributed by atoms with Crippen molar-refractivity contribution in [1.82, 2.24) is 9.80 Å². The summed E-state index contributed by atoms with van der Waals surface area (Å²) in [5.41, 5.74) is -0.703. The number of hydrogen-bond acceptors (Lipinski definition) is 4. The van der Waals surface area contributed by atoms with Crippen molar-refractivity contribution >= 4 is 12.0 Å². The number of amides is 2. The molecule has 108 valence electrons. The molecule has 0 aromatic rings. The van der Waals surface area contributed by atoms with Gasteiger partial charge in [-0.25, -0.2) is 9.59 Å². The van der Waals surface area contributed by atoms with Gasteiger partial charge in [0.2, 0.25) is 0 Å². The Kier molecular flexibility index (Phi) is 3.96. The van der Waals surface area contributed by atoms with Crippen molar-refractivity contribution in [1.29, 1.82) is 0 Å². The average Bonchev–Trinajstić information content (AvgIpc) is 2.38. The second-order valence-corrected chi connectivity index (χ2v) is 5.41. The predicted molar refractivity (Wildman–Crippen MR) is 65.8 cm³/mol. The van der Waals surface area contributed by atoms with E-state index in [0.717, 1.165) is 0 Å². The van der Waals surface area contributed by atoms with Gasteiger partial charge in [-0.3, -0.25) is 0 Å². The van der Waals surface area contributed by atoms with E-state index in [2.05, 4.69) is 0 Å². The van der Waals surface area contributed by atoms with Gasteiger partial charge >= 0.3 is 12.0 Å². The van der Waals surface area contributed by atoms with E-state index in [1.807, 2.05) is 0 Å². The van der Waals surface area contributed by atoms with Crippen molar-refractivity contribution in [3.05, 3.63) is 0 Å². The first kappa shape index (κ1) is 14.1. The van der Waals surface area contributed by atoms with Gasteiger partial charge in [0.05, 0.1) is 18.8 Å². The number of rotatable bonds is 1. The van der Waals surface area contributed by atoms with Gasteiger partial charge in [0.1, 0.15) is 0 Å². The monoisotopic (exact) mass is 272 g/mol. The van der Waals surface area contributed by atoms with Crippen molar-refractivity contribution in [3.8, 4) is 0 Å². The van der Waals surface area contributed by atoms with Gasteiger partial charge in [-0.05, 0) is 19.8 Å². The Morgan fingerprint density at radius 3 is 2.42 bits per heavy atom. The maximum absolute atomic E-state index is 12.3. The first-order chi connectivity index (χ1) is 8.89. The topological polar surface area (TPSA) is 90.3 Å². The van der Waals surface area contributed by atoms with E-state index in [4.69, 9.17) is 9.84 Å². The first-order valence-corrected chi connectivity index (χ1v) is 6.50. The van der Waals surface area contributed by atoms with Gasteiger partial charge in [0.15, 0.2) is 6.10 Å². The number of morpholine rings is 1. The zero-order valence-corrected chi connectivity index (χ0v) is 11.0. The van der Waals surface area contributed by atoms with Crippen LogP contribution in [0.1, 0.15) is 19.8 Å². The Bertz CT molecular complexity index is 361. The van der Waals surface area contributed by atoms with Crippen molar-refractivity contribution in [2.45, 2.75) is 31.5 Å². The zero-order chi connectivity index (χ0) is 14.0. The van der Waals surface area contributed by atoms with Crippen LogP contribution in [-0.2, 0) is 9.53 Å². The Morgan fingerprint density at radius 2 is 1.84 bits per heavy atom. The molecule has 1 unspecified atom stereocenters. The summed E-state index contributed by atoms with van der Waals surface area (Å²) < 4.78 is 5.09. The molecule has 0 aromatic carbocycles. The molecule has 2 fully saturated rings. The number of piperidine rings is 1. The third-order valence-corrected chi connectivity index (χ3v) is 3.72. The largest absolute Gasteiger partial charge is 0.479 e. The van der Waals surface area contributed by atoms with Gasteiger partial charge in [-0.1, -0.05) is 0 Å². The maximum atomic E-state index is 12.3. The van der Waals surface area contributed by atoms with Crippen LogP contribution >= 0.6 is 0 Å². The highest BCUT2D eigenvalue weighted by molar-refractivity contribution is 5.77. The fraction of sp³-hybridized carbons (Fsp3) is 0.833. The van der Waals surface area contributed by atoms with E-state index in [9.17, 15) is 14.7 Å². The number of carbonyl (C=O) groups excluding carboxylic acids is 1. The van der Waals surface area contributed by atoms with Gasteiger partial charge in [-0.2, -0.15) is 0 Å². The molecule has 0 radical (unpaired) electrons. The van der Waals surface area contributed by atoms with E-state index < -0.39 is 17.7 Å². The third kappa shape index (κ3) is 3.36. The molecule has 1 atom stereocenters. The summed E-state index contributed by atoms with van der Waals surface area (Å²) in [5, 5.41) is 18.8. The molecule has 0 bridgehead atoms. The molecule has 2 aliphatic heterocycles. The Labute approximate surface area is 111 Å². The number of ether oxygens (including phenoxy) is 1. The summed E-state index contributed by atoms with van der Waals surface area (Å²) in [6, 6.07) is -0.162. The number of carboxylic acids is 1. The summed E-state index contributed by atoms with van der Waals surface area (Å²) >= 11 is 0. The number of aliphatic carboxylic acids is 1. The maximum Gasteiger partial charge on any atom is 0.334 e. The van der Waals surface area contributed by atoms with Crippen LogP contribution in [0.3, 0.4) is 0 Å². The van der Waals surface area contributed by atoms with Crippen LogP contribution in [0.25, 0.3) is 0 Å². The van der Waals surface area contributed by atoms with Crippen LogP contribution in [0.5, 0.6) is 0 Å². The van der Waals surface area contributed by atoms with E-state index in [1.54, 1.807) is 11.8 Å². The lowest BCUT2D eigenvalue weighted by molar-refractivity contribution is -0.154. The minimum atomic E-state index is -1.04. The van der Waals surface area contributed by atoms with Crippen LogP contribution in [0, 0.1) is 0 Å². The number of nitrogens with zero attached hydrogens (tertiary/aromatic N) is 2. The molecule has 2 N–H and O–H groups in total. The molecule has 0 aliphatic carbocycles. The van der Waals surface area contributed by atoms with E-state index in [-0.39, 0.29) is 19.2 Å². The number of hydrogen-bond donors (Lipinski definition) is 2. The normalized spacial score (nSPS) is 27.2. The van der Waals surface area contributed by atoms with E-state index in [1.165, 1.54) is 4.90 Å². The zero-order valence-electron chi connectivity index (χ0n) is 11.0. The number of urea groups is 1. The van der Waals surface area contributed by atoms with E-state index >= 15 is 0 Å². The lowest BCUT2D eigenvalue weighted by atomic mass is 9.94. The van der Waals surface area contributed by atoms with Crippen molar-refractivity contribution in [2.24, 2.45) is 0 Å². The number of likely N-dealkylation sites (tertiary alicyclic amines) is 1. The highest BCUT2D eigenvalue weighted by atomic mass is 16.5. The lowest BCUT2D eigenvalue weighted by Gasteiger charge is -2.40. The molecule has 2 aliphatic rings. The minimum absolute atomic E-state index is 0.0844.